The first kappa shape index (κ1) is 20.7. The highest BCUT2D eigenvalue weighted by molar-refractivity contribution is 7.92. The molecule has 0 saturated heterocycles. The summed E-state index contributed by atoms with van der Waals surface area (Å²) < 4.78 is 58.5. The molecule has 31 heavy (non-hydrogen) atoms. The van der Waals surface area contributed by atoms with Gasteiger partial charge >= 0.3 is 0 Å². The number of nitrogens with zero attached hydrogens (tertiary/aromatic N) is 1. The Morgan fingerprint density at radius 1 is 1.00 bits per heavy atom. The van der Waals surface area contributed by atoms with Crippen molar-refractivity contribution in [2.45, 2.75) is 4.90 Å². The molecule has 0 unspecified atom stereocenters. The first-order valence-corrected chi connectivity index (χ1v) is 11.1. The molecule has 0 saturated carbocycles. The summed E-state index contributed by atoms with van der Waals surface area (Å²) in [6.07, 6.45) is 1.51. The summed E-state index contributed by atoms with van der Waals surface area (Å²) in [7, 11) is -4.11. The highest BCUT2D eigenvalue weighted by Gasteiger charge is 2.17. The maximum atomic E-state index is 13.3. The van der Waals surface area contributed by atoms with E-state index in [-0.39, 0.29) is 11.4 Å². The van der Waals surface area contributed by atoms with Crippen LogP contribution in [0.2, 0.25) is 0 Å². The summed E-state index contributed by atoms with van der Waals surface area (Å²) in [6.45, 7) is 0. The van der Waals surface area contributed by atoms with Gasteiger partial charge in [-0.2, -0.15) is 0 Å². The highest BCUT2D eigenvalue weighted by Crippen LogP contribution is 2.25. The lowest BCUT2D eigenvalue weighted by atomic mass is 10.3. The zero-order chi connectivity index (χ0) is 22.0. The number of carbonyl (C=O) groups excluding carboxylic acids is 1. The van der Waals surface area contributed by atoms with Crippen molar-refractivity contribution in [3.05, 3.63) is 83.6 Å². The molecule has 0 aliphatic heterocycles. The third-order valence-corrected chi connectivity index (χ3v) is 6.30. The van der Waals surface area contributed by atoms with E-state index in [4.69, 9.17) is 4.42 Å². The summed E-state index contributed by atoms with van der Waals surface area (Å²) in [4.78, 5) is 16.2. The Balaban J connectivity index is 1.43. The summed E-state index contributed by atoms with van der Waals surface area (Å²) in [6, 6.07) is 11.6. The van der Waals surface area contributed by atoms with Crippen molar-refractivity contribution < 1.29 is 26.4 Å². The average molecular weight is 461 g/mol. The van der Waals surface area contributed by atoms with E-state index in [9.17, 15) is 22.0 Å². The number of amides is 1. The summed E-state index contributed by atoms with van der Waals surface area (Å²) >= 11 is 1.26. The predicted octanol–water partition coefficient (Wildman–Crippen LogP) is 4.73. The number of benzene rings is 2. The Labute approximate surface area is 179 Å². The molecule has 4 aromatic rings. The Bertz CT molecular complexity index is 1340. The normalized spacial score (nSPS) is 11.3. The molecule has 2 N–H and O–H groups in total. The standard InChI is InChI=1S/C20H13F2N3O4S2/c21-15-8-7-14(10-16(15)22)31(27,28)25-13-5-3-12(4-6-13)23-19(26)17-11-30-20(24-17)18-2-1-9-29-18/h1-11,25H,(H,23,26). The van der Waals surface area contributed by atoms with Gasteiger partial charge in [0.05, 0.1) is 11.2 Å². The number of nitrogens with one attached hydrogen (secondary N) is 2. The van der Waals surface area contributed by atoms with Crippen molar-refractivity contribution in [2.75, 3.05) is 10.0 Å². The maximum absolute atomic E-state index is 13.3. The third kappa shape index (κ3) is 4.62. The number of furan rings is 1. The van der Waals surface area contributed by atoms with Crippen LogP contribution < -0.4 is 10.0 Å². The van der Waals surface area contributed by atoms with Gasteiger partial charge < -0.3 is 9.73 Å². The number of carbonyl (C=O) groups is 1. The second-order valence-corrected chi connectivity index (χ2v) is 8.77. The Hall–Kier alpha value is -3.57. The fraction of sp³-hybridized carbons (Fsp3) is 0. The van der Waals surface area contributed by atoms with E-state index in [1.165, 1.54) is 41.9 Å². The fourth-order valence-corrected chi connectivity index (χ4v) is 4.40. The Kier molecular flexibility index (Phi) is 5.53. The highest BCUT2D eigenvalue weighted by atomic mass is 32.2. The number of hydrogen-bond acceptors (Lipinski definition) is 6. The molecule has 0 atom stereocenters. The van der Waals surface area contributed by atoms with Crippen LogP contribution in [0, 0.1) is 11.6 Å². The van der Waals surface area contributed by atoms with Crippen LogP contribution in [-0.4, -0.2) is 19.3 Å². The molecule has 11 heteroatoms. The lowest BCUT2D eigenvalue weighted by Gasteiger charge is -2.09. The topological polar surface area (TPSA) is 101 Å². The SMILES string of the molecule is O=C(Nc1ccc(NS(=O)(=O)c2ccc(F)c(F)c2)cc1)c1csc(-c2ccco2)n1. The van der Waals surface area contributed by atoms with E-state index in [0.717, 1.165) is 12.1 Å². The molecule has 0 aliphatic rings. The first-order chi connectivity index (χ1) is 14.8. The van der Waals surface area contributed by atoms with E-state index >= 15 is 0 Å². The van der Waals surface area contributed by atoms with Crippen LogP contribution in [0.25, 0.3) is 10.8 Å². The van der Waals surface area contributed by atoms with E-state index in [1.54, 1.807) is 17.5 Å². The molecule has 2 aromatic heterocycles. The largest absolute Gasteiger partial charge is 0.462 e. The lowest BCUT2D eigenvalue weighted by molar-refractivity contribution is 0.102. The summed E-state index contributed by atoms with van der Waals surface area (Å²) in [5, 5.41) is 4.82. The van der Waals surface area contributed by atoms with Crippen LogP contribution in [0.15, 0.2) is 75.6 Å². The minimum Gasteiger partial charge on any atom is -0.462 e. The van der Waals surface area contributed by atoms with Crippen LogP contribution >= 0.6 is 11.3 Å². The number of anilines is 2. The van der Waals surface area contributed by atoms with Crippen molar-refractivity contribution in [1.82, 2.24) is 4.98 Å². The molecule has 0 fully saturated rings. The molecule has 0 radical (unpaired) electrons. The second kappa shape index (κ2) is 8.28. The minimum atomic E-state index is -4.11. The minimum absolute atomic E-state index is 0.177. The average Bonchev–Trinajstić information content (AvgIpc) is 3.43. The number of halogens is 2. The smallest absolute Gasteiger partial charge is 0.275 e. The van der Waals surface area contributed by atoms with Gasteiger partial charge in [0.15, 0.2) is 22.4 Å². The van der Waals surface area contributed by atoms with Gasteiger partial charge in [0.25, 0.3) is 15.9 Å². The molecule has 7 nitrogen and oxygen atoms in total. The van der Waals surface area contributed by atoms with E-state index in [1.807, 2.05) is 0 Å². The van der Waals surface area contributed by atoms with E-state index < -0.39 is 32.5 Å². The molecular formula is C20H13F2N3O4S2. The van der Waals surface area contributed by atoms with Gasteiger partial charge in [0.2, 0.25) is 0 Å². The molecule has 0 aliphatic carbocycles. The number of rotatable bonds is 6. The second-order valence-electron chi connectivity index (χ2n) is 6.23. The maximum Gasteiger partial charge on any atom is 0.275 e. The van der Waals surface area contributed by atoms with E-state index in [2.05, 4.69) is 15.0 Å². The van der Waals surface area contributed by atoms with Gasteiger partial charge in [-0.15, -0.1) is 11.3 Å². The van der Waals surface area contributed by atoms with Crippen LogP contribution in [-0.2, 0) is 10.0 Å². The summed E-state index contributed by atoms with van der Waals surface area (Å²) in [5.41, 5.74) is 0.796. The molecule has 158 valence electrons. The number of aromatic nitrogens is 1. The molecule has 2 heterocycles. The van der Waals surface area contributed by atoms with Gasteiger partial charge in [-0.3, -0.25) is 9.52 Å². The molecule has 2 aromatic carbocycles. The molecule has 0 bridgehead atoms. The van der Waals surface area contributed by atoms with Crippen LogP contribution in [0.4, 0.5) is 20.2 Å². The van der Waals surface area contributed by atoms with Gasteiger partial charge in [-0.1, -0.05) is 0 Å². The number of sulfonamides is 1. The van der Waals surface area contributed by atoms with Crippen LogP contribution in [0.5, 0.6) is 0 Å². The van der Waals surface area contributed by atoms with E-state index in [0.29, 0.717) is 22.5 Å². The van der Waals surface area contributed by atoms with Gasteiger partial charge in [0.1, 0.15) is 5.69 Å². The monoisotopic (exact) mass is 461 g/mol. The van der Waals surface area contributed by atoms with Crippen molar-refractivity contribution in [1.29, 1.82) is 0 Å². The third-order valence-electron chi connectivity index (χ3n) is 4.07. The zero-order valence-electron chi connectivity index (χ0n) is 15.5. The van der Waals surface area contributed by atoms with Gasteiger partial charge in [0, 0.05) is 16.8 Å². The van der Waals surface area contributed by atoms with Crippen molar-refractivity contribution in [2.24, 2.45) is 0 Å². The van der Waals surface area contributed by atoms with Crippen molar-refractivity contribution in [3.8, 4) is 10.8 Å². The molecular weight excluding hydrogens is 448 g/mol. The van der Waals surface area contributed by atoms with Gasteiger partial charge in [-0.25, -0.2) is 22.2 Å². The lowest BCUT2D eigenvalue weighted by Crippen LogP contribution is -2.14. The van der Waals surface area contributed by atoms with Crippen molar-refractivity contribution >= 4 is 38.6 Å². The fourth-order valence-electron chi connectivity index (χ4n) is 2.57. The number of hydrogen-bond donors (Lipinski definition) is 2. The van der Waals surface area contributed by atoms with Gasteiger partial charge in [-0.05, 0) is 54.6 Å². The quantitative estimate of drug-likeness (QED) is 0.432. The van der Waals surface area contributed by atoms with Crippen LogP contribution in [0.1, 0.15) is 10.5 Å². The van der Waals surface area contributed by atoms with Crippen molar-refractivity contribution in [3.63, 3.8) is 0 Å². The first-order valence-electron chi connectivity index (χ1n) is 8.70. The zero-order valence-corrected chi connectivity index (χ0v) is 17.1. The Morgan fingerprint density at radius 2 is 1.74 bits per heavy atom. The summed E-state index contributed by atoms with van der Waals surface area (Å²) in [5.74, 6) is -2.29. The van der Waals surface area contributed by atoms with Crippen LogP contribution in [0.3, 0.4) is 0 Å². The number of thiazole rings is 1. The predicted molar refractivity (Wildman–Crippen MR) is 111 cm³/mol. The molecule has 4 rings (SSSR count). The molecule has 1 amide bonds. The Morgan fingerprint density at radius 3 is 2.42 bits per heavy atom. The molecule has 0 spiro atoms.